The lowest BCUT2D eigenvalue weighted by atomic mass is 10.2. The SMILES string of the molecule is Cc1cc(NC(=O)c2ccco2)sc1C(=O)Nc1nc(-c2cccnc2)cs1. The Labute approximate surface area is 168 Å². The number of nitrogens with zero attached hydrogens (tertiary/aromatic N) is 2. The van der Waals surface area contributed by atoms with Crippen molar-refractivity contribution in [2.24, 2.45) is 0 Å². The van der Waals surface area contributed by atoms with Crippen LogP contribution < -0.4 is 10.6 Å². The van der Waals surface area contributed by atoms with Crippen LogP contribution in [0.15, 0.2) is 58.8 Å². The molecule has 4 aromatic rings. The van der Waals surface area contributed by atoms with E-state index in [-0.39, 0.29) is 17.6 Å². The average Bonchev–Trinajstić information content (AvgIpc) is 3.43. The zero-order chi connectivity index (χ0) is 19.5. The largest absolute Gasteiger partial charge is 0.459 e. The number of rotatable bonds is 5. The van der Waals surface area contributed by atoms with Crippen molar-refractivity contribution < 1.29 is 14.0 Å². The van der Waals surface area contributed by atoms with E-state index >= 15 is 0 Å². The van der Waals surface area contributed by atoms with Gasteiger partial charge in [0, 0.05) is 23.3 Å². The van der Waals surface area contributed by atoms with Gasteiger partial charge in [-0.3, -0.25) is 19.9 Å². The maximum Gasteiger partial charge on any atom is 0.291 e. The quantitative estimate of drug-likeness (QED) is 0.498. The van der Waals surface area contributed by atoms with Crippen molar-refractivity contribution in [1.82, 2.24) is 9.97 Å². The molecule has 0 atom stereocenters. The van der Waals surface area contributed by atoms with Crippen molar-refractivity contribution in [3.63, 3.8) is 0 Å². The lowest BCUT2D eigenvalue weighted by Crippen LogP contribution is -2.11. The Morgan fingerprint density at radius 2 is 2.04 bits per heavy atom. The van der Waals surface area contributed by atoms with Gasteiger partial charge < -0.3 is 9.73 Å². The smallest absolute Gasteiger partial charge is 0.291 e. The molecule has 4 heterocycles. The van der Waals surface area contributed by atoms with E-state index in [4.69, 9.17) is 4.42 Å². The van der Waals surface area contributed by atoms with E-state index in [1.54, 1.807) is 30.6 Å². The minimum atomic E-state index is -0.362. The minimum absolute atomic E-state index is 0.211. The molecule has 0 bridgehead atoms. The molecule has 0 saturated carbocycles. The molecule has 2 N–H and O–H groups in total. The fourth-order valence-corrected chi connectivity index (χ4v) is 4.16. The Kier molecular flexibility index (Phi) is 5.00. The van der Waals surface area contributed by atoms with Crippen LogP contribution in [0, 0.1) is 6.92 Å². The molecule has 0 saturated heterocycles. The molecule has 0 aliphatic heterocycles. The molecule has 2 amide bonds. The first kappa shape index (κ1) is 18.1. The number of amides is 2. The van der Waals surface area contributed by atoms with E-state index in [1.807, 2.05) is 24.4 Å². The molecule has 0 aliphatic rings. The second-order valence-electron chi connectivity index (χ2n) is 5.79. The molecular formula is C19H14N4O3S2. The van der Waals surface area contributed by atoms with Crippen LogP contribution in [-0.2, 0) is 0 Å². The summed E-state index contributed by atoms with van der Waals surface area (Å²) in [5.41, 5.74) is 2.40. The molecule has 28 heavy (non-hydrogen) atoms. The molecule has 4 rings (SSSR count). The number of furan rings is 1. The van der Waals surface area contributed by atoms with Crippen LogP contribution in [0.2, 0.25) is 0 Å². The van der Waals surface area contributed by atoms with Crippen LogP contribution in [0.25, 0.3) is 11.3 Å². The summed E-state index contributed by atoms with van der Waals surface area (Å²) in [6.45, 7) is 1.82. The highest BCUT2D eigenvalue weighted by atomic mass is 32.1. The van der Waals surface area contributed by atoms with E-state index in [1.165, 1.54) is 28.9 Å². The molecule has 0 aromatic carbocycles. The molecular weight excluding hydrogens is 396 g/mol. The third-order valence-corrected chi connectivity index (χ3v) is 5.70. The van der Waals surface area contributed by atoms with Gasteiger partial charge in [0.2, 0.25) is 0 Å². The van der Waals surface area contributed by atoms with Crippen LogP contribution in [0.3, 0.4) is 0 Å². The number of carbonyl (C=O) groups is 2. The summed E-state index contributed by atoms with van der Waals surface area (Å²) in [5.74, 6) is -0.421. The second-order valence-corrected chi connectivity index (χ2v) is 7.70. The summed E-state index contributed by atoms with van der Waals surface area (Å²) >= 11 is 2.54. The molecule has 0 fully saturated rings. The normalized spacial score (nSPS) is 10.6. The lowest BCUT2D eigenvalue weighted by Gasteiger charge is -2.00. The predicted molar refractivity (Wildman–Crippen MR) is 109 cm³/mol. The Morgan fingerprint density at radius 3 is 2.79 bits per heavy atom. The van der Waals surface area contributed by atoms with Crippen LogP contribution in [0.1, 0.15) is 25.8 Å². The van der Waals surface area contributed by atoms with Crippen molar-refractivity contribution in [3.8, 4) is 11.3 Å². The van der Waals surface area contributed by atoms with Crippen molar-refractivity contribution in [2.75, 3.05) is 10.6 Å². The van der Waals surface area contributed by atoms with Gasteiger partial charge in [0.15, 0.2) is 10.9 Å². The number of thiophene rings is 1. The number of aryl methyl sites for hydroxylation is 1. The van der Waals surface area contributed by atoms with E-state index in [0.717, 1.165) is 16.8 Å². The standard InChI is InChI=1S/C19H14N4O3S2/c1-11-8-15(22-17(24)14-5-3-7-26-14)28-16(11)18(25)23-19-21-13(10-27-19)12-4-2-6-20-9-12/h2-10H,1H3,(H,22,24)(H,21,23,25). The predicted octanol–water partition coefficient (Wildman–Crippen LogP) is 4.67. The van der Waals surface area contributed by atoms with Gasteiger partial charge in [-0.2, -0.15) is 0 Å². The first-order valence-electron chi connectivity index (χ1n) is 8.23. The topological polar surface area (TPSA) is 97.1 Å². The number of aromatic nitrogens is 2. The number of pyridine rings is 1. The van der Waals surface area contributed by atoms with Crippen molar-refractivity contribution >= 4 is 44.6 Å². The van der Waals surface area contributed by atoms with Gasteiger partial charge >= 0.3 is 0 Å². The van der Waals surface area contributed by atoms with Gasteiger partial charge in [-0.15, -0.1) is 22.7 Å². The molecule has 9 heteroatoms. The highest BCUT2D eigenvalue weighted by Gasteiger charge is 2.18. The van der Waals surface area contributed by atoms with E-state index in [2.05, 4.69) is 20.6 Å². The van der Waals surface area contributed by atoms with Crippen LogP contribution in [-0.4, -0.2) is 21.8 Å². The highest BCUT2D eigenvalue weighted by molar-refractivity contribution is 7.18. The molecule has 0 aliphatic carbocycles. The van der Waals surface area contributed by atoms with Gasteiger partial charge in [-0.25, -0.2) is 4.98 Å². The van der Waals surface area contributed by atoms with Gasteiger partial charge in [-0.1, -0.05) is 0 Å². The minimum Gasteiger partial charge on any atom is -0.459 e. The Morgan fingerprint density at radius 1 is 1.14 bits per heavy atom. The zero-order valence-electron chi connectivity index (χ0n) is 14.6. The van der Waals surface area contributed by atoms with Crippen LogP contribution in [0.5, 0.6) is 0 Å². The summed E-state index contributed by atoms with van der Waals surface area (Å²) in [7, 11) is 0. The number of anilines is 2. The third-order valence-electron chi connectivity index (χ3n) is 3.79. The van der Waals surface area contributed by atoms with Crippen LogP contribution >= 0.6 is 22.7 Å². The van der Waals surface area contributed by atoms with Gasteiger partial charge in [0.1, 0.15) is 0 Å². The number of hydrogen-bond donors (Lipinski definition) is 2. The summed E-state index contributed by atoms with van der Waals surface area (Å²) in [5, 5.41) is 8.48. The van der Waals surface area contributed by atoms with E-state index in [9.17, 15) is 9.59 Å². The summed E-state index contributed by atoms with van der Waals surface area (Å²) in [4.78, 5) is 33.7. The summed E-state index contributed by atoms with van der Waals surface area (Å²) < 4.78 is 5.07. The van der Waals surface area contributed by atoms with E-state index in [0.29, 0.717) is 15.0 Å². The van der Waals surface area contributed by atoms with Crippen LogP contribution in [0.4, 0.5) is 10.1 Å². The fourth-order valence-electron chi connectivity index (χ4n) is 2.48. The first-order chi connectivity index (χ1) is 13.6. The average molecular weight is 410 g/mol. The summed E-state index contributed by atoms with van der Waals surface area (Å²) in [6, 6.07) is 8.71. The number of carbonyl (C=O) groups excluding carboxylic acids is 2. The van der Waals surface area contributed by atoms with Gasteiger partial charge in [-0.05, 0) is 42.8 Å². The van der Waals surface area contributed by atoms with Gasteiger partial charge in [0.25, 0.3) is 11.8 Å². The molecule has 0 unspecified atom stereocenters. The Balaban J connectivity index is 1.46. The maximum absolute atomic E-state index is 12.6. The van der Waals surface area contributed by atoms with E-state index < -0.39 is 0 Å². The molecule has 0 spiro atoms. The lowest BCUT2D eigenvalue weighted by molar-refractivity contribution is 0.0995. The molecule has 140 valence electrons. The monoisotopic (exact) mass is 410 g/mol. The molecule has 0 radical (unpaired) electrons. The summed E-state index contributed by atoms with van der Waals surface area (Å²) in [6.07, 6.45) is 4.85. The van der Waals surface area contributed by atoms with Crippen molar-refractivity contribution in [3.05, 3.63) is 70.6 Å². The van der Waals surface area contributed by atoms with Crippen molar-refractivity contribution in [1.29, 1.82) is 0 Å². The zero-order valence-corrected chi connectivity index (χ0v) is 16.3. The molecule has 4 aromatic heterocycles. The Bertz CT molecular complexity index is 1120. The second kappa shape index (κ2) is 7.75. The number of nitrogens with one attached hydrogen (secondary N) is 2. The Hall–Kier alpha value is -3.30. The molecule has 7 nitrogen and oxygen atoms in total. The number of thiazole rings is 1. The fraction of sp³-hybridized carbons (Fsp3) is 0.0526. The highest BCUT2D eigenvalue weighted by Crippen LogP contribution is 2.29. The van der Waals surface area contributed by atoms with Gasteiger partial charge in [0.05, 0.1) is 21.8 Å². The number of hydrogen-bond acceptors (Lipinski definition) is 7. The van der Waals surface area contributed by atoms with Crippen molar-refractivity contribution in [2.45, 2.75) is 6.92 Å². The third kappa shape index (κ3) is 3.85. The maximum atomic E-state index is 12.6. The first-order valence-corrected chi connectivity index (χ1v) is 9.92.